The zero-order valence-electron chi connectivity index (χ0n) is 4.66. The molecule has 0 atom stereocenters. The van der Waals surface area contributed by atoms with Gasteiger partial charge in [-0.15, -0.1) is 0 Å². The van der Waals surface area contributed by atoms with Crippen LogP contribution in [-0.2, 0) is 4.79 Å². The van der Waals surface area contributed by atoms with Crippen LogP contribution in [0.5, 0.6) is 0 Å². The molecule has 0 spiro atoms. The van der Waals surface area contributed by atoms with E-state index in [1.807, 2.05) is 0 Å². The van der Waals surface area contributed by atoms with Crippen LogP contribution >= 0.6 is 23.2 Å². The van der Waals surface area contributed by atoms with Crippen LogP contribution in [0.2, 0.25) is 0 Å². The maximum absolute atomic E-state index is 10.5. The standard InChI is InChI=1S/C4H7Cl2NO/c1-4(5,6)3(8)7-2/h1-2H3,(H,7,8). The van der Waals surface area contributed by atoms with Gasteiger partial charge in [0.25, 0.3) is 5.91 Å². The van der Waals surface area contributed by atoms with Crippen LogP contribution in [0.4, 0.5) is 0 Å². The number of carbonyl (C=O) groups excluding carboxylic acids is 1. The van der Waals surface area contributed by atoms with Crippen molar-refractivity contribution >= 4 is 29.1 Å². The first-order chi connectivity index (χ1) is 3.48. The van der Waals surface area contributed by atoms with E-state index in [0.29, 0.717) is 0 Å². The number of carbonyl (C=O) groups is 1. The molecule has 0 aliphatic rings. The average molecular weight is 156 g/mol. The predicted octanol–water partition coefficient (Wildman–Crippen LogP) is 0.926. The van der Waals surface area contributed by atoms with Gasteiger partial charge in [-0.05, 0) is 6.92 Å². The summed E-state index contributed by atoms with van der Waals surface area (Å²) < 4.78 is -1.30. The van der Waals surface area contributed by atoms with Gasteiger partial charge in [0.2, 0.25) is 0 Å². The summed E-state index contributed by atoms with van der Waals surface area (Å²) in [5.74, 6) is -0.388. The third-order valence-electron chi connectivity index (χ3n) is 0.626. The van der Waals surface area contributed by atoms with Crippen molar-refractivity contribution in [3.05, 3.63) is 0 Å². The van der Waals surface area contributed by atoms with Crippen molar-refractivity contribution in [1.29, 1.82) is 0 Å². The minimum absolute atomic E-state index is 0.388. The Hall–Kier alpha value is 0.0500. The first kappa shape index (κ1) is 8.05. The van der Waals surface area contributed by atoms with Crippen LogP contribution in [0.1, 0.15) is 6.92 Å². The molecule has 0 aromatic heterocycles. The van der Waals surface area contributed by atoms with Crippen molar-refractivity contribution < 1.29 is 4.79 Å². The molecule has 0 aliphatic heterocycles. The molecule has 0 radical (unpaired) electrons. The quantitative estimate of drug-likeness (QED) is 0.562. The maximum Gasteiger partial charge on any atom is 0.255 e. The lowest BCUT2D eigenvalue weighted by atomic mass is 10.4. The Balaban J connectivity index is 3.82. The summed E-state index contributed by atoms with van der Waals surface area (Å²) in [4.78, 5) is 10.5. The maximum atomic E-state index is 10.5. The van der Waals surface area contributed by atoms with Gasteiger partial charge in [0.1, 0.15) is 0 Å². The molecular weight excluding hydrogens is 149 g/mol. The van der Waals surface area contributed by atoms with Crippen molar-refractivity contribution in [2.75, 3.05) is 7.05 Å². The molecule has 8 heavy (non-hydrogen) atoms. The average Bonchev–Trinajstić information content (AvgIpc) is 1.62. The fourth-order valence-corrected chi connectivity index (χ4v) is 0.408. The Morgan fingerprint density at radius 3 is 2.00 bits per heavy atom. The summed E-state index contributed by atoms with van der Waals surface area (Å²) in [6.07, 6.45) is 0. The van der Waals surface area contributed by atoms with Gasteiger partial charge < -0.3 is 5.32 Å². The fraction of sp³-hybridized carbons (Fsp3) is 0.750. The Morgan fingerprint density at radius 1 is 1.62 bits per heavy atom. The minimum Gasteiger partial charge on any atom is -0.357 e. The van der Waals surface area contributed by atoms with Crippen LogP contribution in [0, 0.1) is 0 Å². The second-order valence-corrected chi connectivity index (χ2v) is 3.17. The Labute approximate surface area is 58.2 Å². The lowest BCUT2D eigenvalue weighted by molar-refractivity contribution is -0.120. The topological polar surface area (TPSA) is 29.1 Å². The molecule has 48 valence electrons. The summed E-state index contributed by atoms with van der Waals surface area (Å²) >= 11 is 10.7. The lowest BCUT2D eigenvalue weighted by Crippen LogP contribution is -2.33. The van der Waals surface area contributed by atoms with Crippen molar-refractivity contribution in [2.24, 2.45) is 0 Å². The summed E-state index contributed by atoms with van der Waals surface area (Å²) in [6, 6.07) is 0. The highest BCUT2D eigenvalue weighted by atomic mass is 35.5. The molecule has 2 nitrogen and oxygen atoms in total. The van der Waals surface area contributed by atoms with E-state index in [9.17, 15) is 4.79 Å². The van der Waals surface area contributed by atoms with Gasteiger partial charge in [0.05, 0.1) is 0 Å². The highest BCUT2D eigenvalue weighted by Gasteiger charge is 2.25. The monoisotopic (exact) mass is 155 g/mol. The molecular formula is C4H7Cl2NO. The minimum atomic E-state index is -1.30. The highest BCUT2D eigenvalue weighted by Crippen LogP contribution is 2.18. The Morgan fingerprint density at radius 2 is 2.00 bits per heavy atom. The summed E-state index contributed by atoms with van der Waals surface area (Å²) in [5.41, 5.74) is 0. The first-order valence-corrected chi connectivity index (χ1v) is 2.84. The molecule has 4 heteroatoms. The third kappa shape index (κ3) is 2.38. The largest absolute Gasteiger partial charge is 0.357 e. The number of hydrogen-bond acceptors (Lipinski definition) is 1. The molecule has 1 amide bonds. The number of hydrogen-bond donors (Lipinski definition) is 1. The van der Waals surface area contributed by atoms with Gasteiger partial charge in [0.15, 0.2) is 4.33 Å². The highest BCUT2D eigenvalue weighted by molar-refractivity contribution is 6.57. The Kier molecular flexibility index (Phi) is 2.57. The van der Waals surface area contributed by atoms with Gasteiger partial charge in [-0.1, -0.05) is 23.2 Å². The van der Waals surface area contributed by atoms with E-state index in [-0.39, 0.29) is 5.91 Å². The molecule has 0 bridgehead atoms. The number of nitrogens with one attached hydrogen (secondary N) is 1. The van der Waals surface area contributed by atoms with Crippen LogP contribution in [0.3, 0.4) is 0 Å². The van der Waals surface area contributed by atoms with E-state index in [1.54, 1.807) is 0 Å². The van der Waals surface area contributed by atoms with E-state index in [4.69, 9.17) is 23.2 Å². The zero-order chi connectivity index (χ0) is 6.78. The summed E-state index contributed by atoms with van der Waals surface area (Å²) in [7, 11) is 1.48. The molecule has 0 saturated carbocycles. The van der Waals surface area contributed by atoms with E-state index in [0.717, 1.165) is 0 Å². The molecule has 0 heterocycles. The van der Waals surface area contributed by atoms with Crippen LogP contribution in [0.15, 0.2) is 0 Å². The second kappa shape index (κ2) is 2.55. The van der Waals surface area contributed by atoms with E-state index < -0.39 is 4.33 Å². The normalized spacial score (nSPS) is 11.0. The number of amides is 1. The zero-order valence-corrected chi connectivity index (χ0v) is 6.18. The van der Waals surface area contributed by atoms with Gasteiger partial charge in [-0.2, -0.15) is 0 Å². The van der Waals surface area contributed by atoms with Crippen molar-refractivity contribution in [3.63, 3.8) is 0 Å². The van der Waals surface area contributed by atoms with Gasteiger partial charge >= 0.3 is 0 Å². The van der Waals surface area contributed by atoms with Crippen molar-refractivity contribution in [1.82, 2.24) is 5.32 Å². The number of halogens is 2. The molecule has 1 N–H and O–H groups in total. The predicted molar refractivity (Wildman–Crippen MR) is 34.2 cm³/mol. The van der Waals surface area contributed by atoms with E-state index in [1.165, 1.54) is 14.0 Å². The second-order valence-electron chi connectivity index (χ2n) is 1.47. The smallest absolute Gasteiger partial charge is 0.255 e. The van der Waals surface area contributed by atoms with Crippen LogP contribution in [-0.4, -0.2) is 17.3 Å². The van der Waals surface area contributed by atoms with Crippen molar-refractivity contribution in [2.45, 2.75) is 11.3 Å². The molecule has 0 unspecified atom stereocenters. The van der Waals surface area contributed by atoms with Crippen LogP contribution < -0.4 is 5.32 Å². The third-order valence-corrected chi connectivity index (χ3v) is 0.969. The molecule has 0 aromatic rings. The first-order valence-electron chi connectivity index (χ1n) is 2.08. The van der Waals surface area contributed by atoms with Gasteiger partial charge in [0, 0.05) is 7.05 Å². The fourth-order valence-electron chi connectivity index (χ4n) is 0.219. The lowest BCUT2D eigenvalue weighted by Gasteiger charge is -2.08. The van der Waals surface area contributed by atoms with E-state index in [2.05, 4.69) is 5.32 Å². The molecule has 0 saturated heterocycles. The Bertz CT molecular complexity index is 96.7. The van der Waals surface area contributed by atoms with Crippen molar-refractivity contribution in [3.8, 4) is 0 Å². The van der Waals surface area contributed by atoms with Gasteiger partial charge in [-0.25, -0.2) is 0 Å². The molecule has 0 fully saturated rings. The van der Waals surface area contributed by atoms with E-state index >= 15 is 0 Å². The number of alkyl halides is 2. The summed E-state index contributed by atoms with van der Waals surface area (Å²) in [5, 5.41) is 2.30. The van der Waals surface area contributed by atoms with Crippen LogP contribution in [0.25, 0.3) is 0 Å². The van der Waals surface area contributed by atoms with Gasteiger partial charge in [-0.3, -0.25) is 4.79 Å². The number of rotatable bonds is 1. The molecule has 0 rings (SSSR count). The SMILES string of the molecule is CNC(=O)C(C)(Cl)Cl. The molecule has 0 aromatic carbocycles. The summed E-state index contributed by atoms with van der Waals surface area (Å²) in [6.45, 7) is 1.41. The molecule has 0 aliphatic carbocycles.